The Labute approximate surface area is 64.6 Å². The van der Waals surface area contributed by atoms with Crippen LogP contribution in [0.4, 0.5) is 0 Å². The predicted molar refractivity (Wildman–Crippen MR) is 47.7 cm³/mol. The standard InChI is InChI=1S/C9H19N/c1-6-8(4)9(10-5)7(2)3/h7-8H,6H2,1-5H3. The van der Waals surface area contributed by atoms with Gasteiger partial charge in [0.15, 0.2) is 0 Å². The van der Waals surface area contributed by atoms with Gasteiger partial charge < -0.3 is 0 Å². The molecule has 1 atom stereocenters. The zero-order valence-electron chi connectivity index (χ0n) is 7.81. The first-order valence-corrected chi connectivity index (χ1v) is 4.10. The van der Waals surface area contributed by atoms with Crippen molar-refractivity contribution in [2.45, 2.75) is 34.1 Å². The molecular formula is C9H19N. The molecule has 0 aliphatic carbocycles. The summed E-state index contributed by atoms with van der Waals surface area (Å²) in [6, 6.07) is 0. The van der Waals surface area contributed by atoms with Crippen molar-refractivity contribution < 1.29 is 0 Å². The first kappa shape index (κ1) is 9.67. The summed E-state index contributed by atoms with van der Waals surface area (Å²) in [5.41, 5.74) is 1.35. The molecule has 0 radical (unpaired) electrons. The summed E-state index contributed by atoms with van der Waals surface area (Å²) in [5.74, 6) is 1.27. The number of nitrogens with zero attached hydrogens (tertiary/aromatic N) is 1. The van der Waals surface area contributed by atoms with Gasteiger partial charge in [-0.25, -0.2) is 0 Å². The average molecular weight is 141 g/mol. The summed E-state index contributed by atoms with van der Waals surface area (Å²) in [6.45, 7) is 8.85. The van der Waals surface area contributed by atoms with Crippen molar-refractivity contribution in [3.8, 4) is 0 Å². The van der Waals surface area contributed by atoms with Crippen LogP contribution >= 0.6 is 0 Å². The Balaban J connectivity index is 4.08. The summed E-state index contributed by atoms with van der Waals surface area (Å²) >= 11 is 0. The largest absolute Gasteiger partial charge is 0.297 e. The molecule has 0 bridgehead atoms. The Kier molecular flexibility index (Phi) is 4.33. The summed E-state index contributed by atoms with van der Waals surface area (Å²) in [5, 5.41) is 0. The predicted octanol–water partition coefficient (Wildman–Crippen LogP) is 2.76. The molecule has 1 heteroatoms. The SMILES string of the molecule is CCC(C)C(=NC)C(C)C. The van der Waals surface area contributed by atoms with E-state index in [-0.39, 0.29) is 0 Å². The minimum atomic E-state index is 0.611. The Morgan fingerprint density at radius 1 is 1.30 bits per heavy atom. The molecule has 0 saturated carbocycles. The summed E-state index contributed by atoms with van der Waals surface area (Å²) in [4.78, 5) is 4.27. The normalized spacial score (nSPS) is 16.0. The van der Waals surface area contributed by atoms with E-state index in [9.17, 15) is 0 Å². The molecule has 1 nitrogen and oxygen atoms in total. The van der Waals surface area contributed by atoms with Crippen molar-refractivity contribution >= 4 is 5.71 Å². The molecule has 0 saturated heterocycles. The first-order valence-electron chi connectivity index (χ1n) is 4.10. The third kappa shape index (κ3) is 2.51. The molecule has 0 rings (SSSR count). The van der Waals surface area contributed by atoms with Crippen LogP contribution in [0.15, 0.2) is 4.99 Å². The smallest absolute Gasteiger partial charge is 0.0276 e. The van der Waals surface area contributed by atoms with Crippen LogP contribution in [0, 0.1) is 11.8 Å². The lowest BCUT2D eigenvalue weighted by atomic mass is 9.94. The fraction of sp³-hybridized carbons (Fsp3) is 0.889. The number of rotatable bonds is 3. The average Bonchev–Trinajstić information content (AvgIpc) is 1.88. The molecular weight excluding hydrogens is 122 g/mol. The van der Waals surface area contributed by atoms with Gasteiger partial charge in [-0.3, -0.25) is 4.99 Å². The maximum absolute atomic E-state index is 4.27. The zero-order chi connectivity index (χ0) is 8.15. The van der Waals surface area contributed by atoms with E-state index in [1.54, 1.807) is 0 Å². The van der Waals surface area contributed by atoms with E-state index in [0.717, 1.165) is 0 Å². The van der Waals surface area contributed by atoms with Crippen molar-refractivity contribution in [3.63, 3.8) is 0 Å². The fourth-order valence-corrected chi connectivity index (χ4v) is 1.26. The highest BCUT2D eigenvalue weighted by atomic mass is 14.7. The van der Waals surface area contributed by atoms with Crippen LogP contribution in [-0.4, -0.2) is 12.8 Å². The Morgan fingerprint density at radius 3 is 1.90 bits per heavy atom. The third-order valence-electron chi connectivity index (χ3n) is 1.97. The third-order valence-corrected chi connectivity index (χ3v) is 1.97. The second kappa shape index (κ2) is 4.48. The molecule has 0 heterocycles. The fourth-order valence-electron chi connectivity index (χ4n) is 1.26. The highest BCUT2D eigenvalue weighted by molar-refractivity contribution is 5.88. The maximum Gasteiger partial charge on any atom is 0.0276 e. The molecule has 0 aromatic rings. The van der Waals surface area contributed by atoms with E-state index in [2.05, 4.69) is 32.7 Å². The van der Waals surface area contributed by atoms with E-state index < -0.39 is 0 Å². The van der Waals surface area contributed by atoms with Crippen LogP contribution in [0.25, 0.3) is 0 Å². The summed E-state index contributed by atoms with van der Waals surface area (Å²) in [7, 11) is 1.89. The van der Waals surface area contributed by atoms with Gasteiger partial charge in [-0.05, 0) is 18.3 Å². The second-order valence-corrected chi connectivity index (χ2v) is 3.11. The lowest BCUT2D eigenvalue weighted by molar-refractivity contribution is 0.682. The molecule has 0 fully saturated rings. The van der Waals surface area contributed by atoms with Crippen LogP contribution in [0.2, 0.25) is 0 Å². The Bertz CT molecular complexity index is 114. The van der Waals surface area contributed by atoms with Crippen LogP contribution in [0.1, 0.15) is 34.1 Å². The van der Waals surface area contributed by atoms with E-state index in [1.807, 2.05) is 7.05 Å². The minimum absolute atomic E-state index is 0.611. The topological polar surface area (TPSA) is 12.4 Å². The molecule has 0 spiro atoms. The Hall–Kier alpha value is -0.330. The molecule has 0 amide bonds. The van der Waals surface area contributed by atoms with Crippen LogP contribution in [0.5, 0.6) is 0 Å². The van der Waals surface area contributed by atoms with Gasteiger partial charge in [0, 0.05) is 12.8 Å². The van der Waals surface area contributed by atoms with Gasteiger partial charge in [-0.15, -0.1) is 0 Å². The van der Waals surface area contributed by atoms with E-state index in [4.69, 9.17) is 0 Å². The van der Waals surface area contributed by atoms with Crippen LogP contribution < -0.4 is 0 Å². The number of hydrogen-bond acceptors (Lipinski definition) is 1. The molecule has 0 aliphatic heterocycles. The number of hydrogen-bond donors (Lipinski definition) is 0. The van der Waals surface area contributed by atoms with Gasteiger partial charge >= 0.3 is 0 Å². The second-order valence-electron chi connectivity index (χ2n) is 3.11. The Morgan fingerprint density at radius 2 is 1.80 bits per heavy atom. The molecule has 10 heavy (non-hydrogen) atoms. The summed E-state index contributed by atoms with van der Waals surface area (Å²) < 4.78 is 0. The van der Waals surface area contributed by atoms with Crippen molar-refractivity contribution in [1.29, 1.82) is 0 Å². The van der Waals surface area contributed by atoms with Crippen LogP contribution in [0.3, 0.4) is 0 Å². The lowest BCUT2D eigenvalue weighted by Gasteiger charge is -2.15. The van der Waals surface area contributed by atoms with Crippen molar-refractivity contribution in [3.05, 3.63) is 0 Å². The van der Waals surface area contributed by atoms with Crippen molar-refractivity contribution in [1.82, 2.24) is 0 Å². The monoisotopic (exact) mass is 141 g/mol. The van der Waals surface area contributed by atoms with Gasteiger partial charge in [0.25, 0.3) is 0 Å². The van der Waals surface area contributed by atoms with Gasteiger partial charge in [-0.1, -0.05) is 27.7 Å². The molecule has 0 aromatic carbocycles. The van der Waals surface area contributed by atoms with Crippen molar-refractivity contribution in [2.24, 2.45) is 16.8 Å². The van der Waals surface area contributed by atoms with Gasteiger partial charge in [0.05, 0.1) is 0 Å². The van der Waals surface area contributed by atoms with Gasteiger partial charge in [0.2, 0.25) is 0 Å². The molecule has 0 aromatic heterocycles. The quantitative estimate of drug-likeness (QED) is 0.536. The zero-order valence-corrected chi connectivity index (χ0v) is 7.81. The molecule has 0 aliphatic rings. The number of aliphatic imine (C=N–C) groups is 1. The van der Waals surface area contributed by atoms with Crippen LogP contribution in [-0.2, 0) is 0 Å². The molecule has 0 N–H and O–H groups in total. The summed E-state index contributed by atoms with van der Waals surface area (Å²) in [6.07, 6.45) is 1.20. The highest BCUT2D eigenvalue weighted by Crippen LogP contribution is 2.11. The first-order chi connectivity index (χ1) is 4.63. The highest BCUT2D eigenvalue weighted by Gasteiger charge is 2.10. The lowest BCUT2D eigenvalue weighted by Crippen LogP contribution is -2.16. The molecule has 60 valence electrons. The minimum Gasteiger partial charge on any atom is -0.297 e. The molecule has 1 unspecified atom stereocenters. The van der Waals surface area contributed by atoms with Gasteiger partial charge in [-0.2, -0.15) is 0 Å². The van der Waals surface area contributed by atoms with E-state index in [1.165, 1.54) is 12.1 Å². The van der Waals surface area contributed by atoms with Gasteiger partial charge in [0.1, 0.15) is 0 Å². The van der Waals surface area contributed by atoms with E-state index >= 15 is 0 Å². The maximum atomic E-state index is 4.27. The van der Waals surface area contributed by atoms with Crippen molar-refractivity contribution in [2.75, 3.05) is 7.05 Å². The van der Waals surface area contributed by atoms with E-state index in [0.29, 0.717) is 11.8 Å².